The third-order valence-electron chi connectivity index (χ3n) is 4.61. The predicted molar refractivity (Wildman–Crippen MR) is 114 cm³/mol. The van der Waals surface area contributed by atoms with Crippen LogP contribution in [0.2, 0.25) is 0 Å². The van der Waals surface area contributed by atoms with E-state index in [2.05, 4.69) is 0 Å². The third kappa shape index (κ3) is 6.80. The van der Waals surface area contributed by atoms with Crippen LogP contribution < -0.4 is 0 Å². The van der Waals surface area contributed by atoms with Gasteiger partial charge in [0.1, 0.15) is 17.6 Å². The van der Waals surface area contributed by atoms with E-state index in [0.717, 1.165) is 10.5 Å². The smallest absolute Gasteiger partial charge is 0.303 e. The minimum atomic E-state index is -1.23. The quantitative estimate of drug-likeness (QED) is 0.619. The molecule has 1 fully saturated rings. The van der Waals surface area contributed by atoms with Crippen molar-refractivity contribution in [2.45, 2.75) is 55.2 Å². The van der Waals surface area contributed by atoms with Crippen LogP contribution in [0, 0.1) is 0 Å². The maximum atomic E-state index is 11.7. The van der Waals surface area contributed by atoms with E-state index in [4.69, 9.17) is 18.9 Å². The van der Waals surface area contributed by atoms with Crippen molar-refractivity contribution in [1.82, 2.24) is 0 Å². The van der Waals surface area contributed by atoms with E-state index in [1.807, 2.05) is 60.7 Å². The number of esters is 2. The van der Waals surface area contributed by atoms with Gasteiger partial charge in [0.05, 0.1) is 13.2 Å². The topological polar surface area (TPSA) is 91.3 Å². The Morgan fingerprint density at radius 3 is 2.13 bits per heavy atom. The molecule has 1 saturated heterocycles. The van der Waals surface area contributed by atoms with Gasteiger partial charge in [-0.15, -0.1) is 0 Å². The van der Waals surface area contributed by atoms with Crippen molar-refractivity contribution in [3.05, 3.63) is 66.2 Å². The summed E-state index contributed by atoms with van der Waals surface area (Å²) in [6.45, 7) is 2.92. The zero-order chi connectivity index (χ0) is 22.2. The van der Waals surface area contributed by atoms with E-state index in [1.165, 1.54) is 25.6 Å². The van der Waals surface area contributed by atoms with Crippen LogP contribution in [0.5, 0.6) is 0 Å². The average Bonchev–Trinajstić information content (AvgIpc) is 2.74. The van der Waals surface area contributed by atoms with Crippen molar-refractivity contribution < 1.29 is 33.6 Å². The number of ether oxygens (including phenoxy) is 4. The Morgan fingerprint density at radius 2 is 1.52 bits per heavy atom. The third-order valence-corrected chi connectivity index (χ3v) is 5.77. The van der Waals surface area contributed by atoms with Crippen LogP contribution in [-0.2, 0) is 35.1 Å². The summed E-state index contributed by atoms with van der Waals surface area (Å²) in [6.07, 6.45) is -4.06. The van der Waals surface area contributed by atoms with Crippen LogP contribution in [0.25, 0.3) is 0 Å². The molecule has 0 unspecified atom stereocenters. The highest BCUT2D eigenvalue weighted by Gasteiger charge is 2.49. The van der Waals surface area contributed by atoms with Gasteiger partial charge in [-0.1, -0.05) is 60.3 Å². The van der Waals surface area contributed by atoms with E-state index in [0.29, 0.717) is 6.61 Å². The molecule has 8 heteroatoms. The number of carbonyl (C=O) groups excluding carboxylic acids is 2. The fourth-order valence-corrected chi connectivity index (χ4v) is 4.39. The van der Waals surface area contributed by atoms with Gasteiger partial charge in [-0.05, 0) is 17.7 Å². The zero-order valence-corrected chi connectivity index (χ0v) is 18.2. The number of hydrogen-bond donors (Lipinski definition) is 1. The molecule has 166 valence electrons. The molecule has 2 aromatic carbocycles. The molecule has 0 amide bonds. The fraction of sp³-hybridized carbons (Fsp3) is 0.391. The second kappa shape index (κ2) is 11.3. The summed E-state index contributed by atoms with van der Waals surface area (Å²) in [4.78, 5) is 24.3. The van der Waals surface area contributed by atoms with E-state index < -0.39 is 41.8 Å². The fourth-order valence-electron chi connectivity index (χ4n) is 3.27. The monoisotopic (exact) mass is 446 g/mol. The number of rotatable bonds is 8. The summed E-state index contributed by atoms with van der Waals surface area (Å²) in [5.74, 6) is -1.15. The summed E-state index contributed by atoms with van der Waals surface area (Å²) in [7, 11) is 0. The molecule has 2 aromatic rings. The van der Waals surface area contributed by atoms with Gasteiger partial charge < -0.3 is 24.1 Å². The predicted octanol–water partition coefficient (Wildman–Crippen LogP) is 2.94. The summed E-state index contributed by atoms with van der Waals surface area (Å²) >= 11 is 1.32. The molecule has 0 saturated carbocycles. The van der Waals surface area contributed by atoms with Gasteiger partial charge in [0.2, 0.25) is 0 Å². The van der Waals surface area contributed by atoms with E-state index in [-0.39, 0.29) is 6.61 Å². The molecule has 5 atom stereocenters. The molecule has 1 heterocycles. The van der Waals surface area contributed by atoms with Gasteiger partial charge in [-0.25, -0.2) is 0 Å². The maximum absolute atomic E-state index is 11.7. The molecule has 1 N–H and O–H groups in total. The average molecular weight is 447 g/mol. The van der Waals surface area contributed by atoms with E-state index in [9.17, 15) is 14.7 Å². The van der Waals surface area contributed by atoms with Crippen molar-refractivity contribution in [2.75, 3.05) is 6.61 Å². The molecule has 3 rings (SSSR count). The van der Waals surface area contributed by atoms with Crippen LogP contribution in [0.1, 0.15) is 19.4 Å². The molecule has 31 heavy (non-hydrogen) atoms. The zero-order valence-electron chi connectivity index (χ0n) is 17.4. The molecule has 0 aromatic heterocycles. The van der Waals surface area contributed by atoms with Crippen molar-refractivity contribution in [2.24, 2.45) is 0 Å². The molecule has 0 bridgehead atoms. The lowest BCUT2D eigenvalue weighted by atomic mass is 9.99. The second-order valence-electron chi connectivity index (χ2n) is 7.11. The lowest BCUT2D eigenvalue weighted by molar-refractivity contribution is -0.231. The molecular weight excluding hydrogens is 420 g/mol. The largest absolute Gasteiger partial charge is 0.456 e. The van der Waals surface area contributed by atoms with Crippen molar-refractivity contribution in [1.29, 1.82) is 0 Å². The summed E-state index contributed by atoms with van der Waals surface area (Å²) in [5, 5.41) is 10.9. The second-order valence-corrected chi connectivity index (χ2v) is 8.28. The molecule has 0 aliphatic carbocycles. The van der Waals surface area contributed by atoms with Gasteiger partial charge in [0.15, 0.2) is 12.2 Å². The van der Waals surface area contributed by atoms with Gasteiger partial charge in [-0.2, -0.15) is 0 Å². The first-order valence-corrected chi connectivity index (χ1v) is 10.8. The normalized spacial score (nSPS) is 25.6. The molecule has 1 aliphatic heterocycles. The summed E-state index contributed by atoms with van der Waals surface area (Å²) < 4.78 is 22.6. The maximum Gasteiger partial charge on any atom is 0.303 e. The highest BCUT2D eigenvalue weighted by Crippen LogP contribution is 2.36. The summed E-state index contributed by atoms with van der Waals surface area (Å²) in [5.41, 5.74) is 0.279. The standard InChI is InChI=1S/C23H26O7S/c1-15(24)28-21-20(26)19(14-27-13-17-9-5-3-6-10-17)30-23(22(21)29-16(2)25)31-18-11-7-4-8-12-18/h3-12,19-23,26H,13-14H2,1-2H3/t19-,20+,21+,22-,23+/m1/s1. The van der Waals surface area contributed by atoms with Crippen LogP contribution in [0.15, 0.2) is 65.6 Å². The molecule has 7 nitrogen and oxygen atoms in total. The molecule has 1 aliphatic rings. The Balaban J connectivity index is 1.77. The SMILES string of the molecule is CC(=O)O[C@@H]1[C@@H](OC(C)=O)[C@@H](O)[C@@H](COCc2ccccc2)O[C@H]1Sc1ccccc1. The van der Waals surface area contributed by atoms with Gasteiger partial charge >= 0.3 is 11.9 Å². The first-order valence-electron chi connectivity index (χ1n) is 9.95. The highest BCUT2D eigenvalue weighted by molar-refractivity contribution is 7.99. The number of hydrogen-bond acceptors (Lipinski definition) is 8. The minimum Gasteiger partial charge on any atom is -0.456 e. The first-order chi connectivity index (χ1) is 14.9. The van der Waals surface area contributed by atoms with E-state index >= 15 is 0 Å². The van der Waals surface area contributed by atoms with Gasteiger partial charge in [0, 0.05) is 18.7 Å². The van der Waals surface area contributed by atoms with Crippen LogP contribution in [-0.4, -0.2) is 53.5 Å². The Labute approximate surface area is 185 Å². The molecule has 0 spiro atoms. The number of thioether (sulfide) groups is 1. The molecule has 0 radical (unpaired) electrons. The van der Waals surface area contributed by atoms with Crippen LogP contribution in [0.3, 0.4) is 0 Å². The Bertz CT molecular complexity index is 846. The van der Waals surface area contributed by atoms with Crippen molar-refractivity contribution >= 4 is 23.7 Å². The highest BCUT2D eigenvalue weighted by atomic mass is 32.2. The van der Waals surface area contributed by atoms with Gasteiger partial charge in [-0.3, -0.25) is 9.59 Å². The molecular formula is C23H26O7S. The number of aliphatic hydroxyl groups is 1. The van der Waals surface area contributed by atoms with E-state index in [1.54, 1.807) is 0 Å². The Hall–Kier alpha value is -2.39. The lowest BCUT2D eigenvalue weighted by Crippen LogP contribution is -2.60. The van der Waals surface area contributed by atoms with Crippen LogP contribution in [0.4, 0.5) is 0 Å². The van der Waals surface area contributed by atoms with Crippen molar-refractivity contribution in [3.63, 3.8) is 0 Å². The summed E-state index contributed by atoms with van der Waals surface area (Å²) in [6, 6.07) is 19.1. The van der Waals surface area contributed by atoms with Gasteiger partial charge in [0.25, 0.3) is 0 Å². The van der Waals surface area contributed by atoms with Crippen LogP contribution >= 0.6 is 11.8 Å². The Morgan fingerprint density at radius 1 is 0.935 bits per heavy atom. The number of carbonyl (C=O) groups is 2. The van der Waals surface area contributed by atoms with Crippen molar-refractivity contribution in [3.8, 4) is 0 Å². The first kappa shape index (κ1) is 23.3. The lowest BCUT2D eigenvalue weighted by Gasteiger charge is -2.43. The number of benzene rings is 2. The Kier molecular flexibility index (Phi) is 8.48. The minimum absolute atomic E-state index is 0.0759. The number of aliphatic hydroxyl groups excluding tert-OH is 1.